The summed E-state index contributed by atoms with van der Waals surface area (Å²) >= 11 is 0. The number of hydrogen-bond donors (Lipinski definition) is 1. The molecule has 1 aromatic heterocycles. The zero-order valence-corrected chi connectivity index (χ0v) is 20.8. The fourth-order valence-corrected chi connectivity index (χ4v) is 5.67. The summed E-state index contributed by atoms with van der Waals surface area (Å²) in [7, 11) is -3.98. The van der Waals surface area contributed by atoms with Gasteiger partial charge in [-0.05, 0) is 50.6 Å². The smallest absolute Gasteiger partial charge is 0.247 e. The Morgan fingerprint density at radius 2 is 1.71 bits per heavy atom. The van der Waals surface area contributed by atoms with Crippen molar-refractivity contribution in [1.82, 2.24) is 14.5 Å². The number of benzene rings is 2. The van der Waals surface area contributed by atoms with Crippen molar-refractivity contribution in [2.24, 2.45) is 0 Å². The number of sulfonamides is 1. The molecule has 184 valence electrons. The van der Waals surface area contributed by atoms with E-state index in [4.69, 9.17) is 4.42 Å². The summed E-state index contributed by atoms with van der Waals surface area (Å²) in [5.74, 6) is 0.288. The second-order valence-corrected chi connectivity index (χ2v) is 11.0. The van der Waals surface area contributed by atoms with E-state index < -0.39 is 27.4 Å². The summed E-state index contributed by atoms with van der Waals surface area (Å²) < 4.78 is 33.4. The normalized spacial score (nSPS) is 19.1. The lowest BCUT2D eigenvalue weighted by Gasteiger charge is -2.46. The first kappa shape index (κ1) is 24.7. The van der Waals surface area contributed by atoms with E-state index >= 15 is 0 Å². The summed E-state index contributed by atoms with van der Waals surface area (Å²) in [6.07, 6.45) is 0. The molecule has 0 radical (unpaired) electrons. The Kier molecular flexibility index (Phi) is 6.82. The number of furan rings is 1. The van der Waals surface area contributed by atoms with Gasteiger partial charge in [-0.2, -0.15) is 4.31 Å². The number of amides is 2. The number of hydrogen-bond acceptors (Lipinski definition) is 5. The Morgan fingerprint density at radius 3 is 2.34 bits per heavy atom. The van der Waals surface area contributed by atoms with Crippen LogP contribution in [0.5, 0.6) is 0 Å². The molecule has 1 aliphatic heterocycles. The van der Waals surface area contributed by atoms with Gasteiger partial charge in [0.25, 0.3) is 0 Å². The van der Waals surface area contributed by atoms with E-state index in [1.54, 1.807) is 44.2 Å². The third-order valence-electron chi connectivity index (χ3n) is 6.25. The fourth-order valence-electron chi connectivity index (χ4n) is 4.17. The molecule has 4 rings (SSSR count). The molecule has 1 fully saturated rings. The topological polar surface area (TPSA) is 99.9 Å². The van der Waals surface area contributed by atoms with Crippen molar-refractivity contribution in [2.75, 3.05) is 13.1 Å². The largest absolute Gasteiger partial charge is 0.464 e. The van der Waals surface area contributed by atoms with Gasteiger partial charge in [-0.25, -0.2) is 8.42 Å². The number of carbonyl (C=O) groups is 2. The van der Waals surface area contributed by atoms with Crippen LogP contribution in [0.1, 0.15) is 29.6 Å². The van der Waals surface area contributed by atoms with Crippen LogP contribution in [0.3, 0.4) is 0 Å². The van der Waals surface area contributed by atoms with Gasteiger partial charge >= 0.3 is 0 Å². The van der Waals surface area contributed by atoms with E-state index in [1.807, 2.05) is 31.2 Å². The first-order valence-corrected chi connectivity index (χ1v) is 12.8. The number of nitrogens with one attached hydrogen (secondary N) is 1. The third-order valence-corrected chi connectivity index (χ3v) is 8.05. The van der Waals surface area contributed by atoms with Crippen LogP contribution >= 0.6 is 0 Å². The number of carbonyl (C=O) groups excluding carboxylic acids is 2. The van der Waals surface area contributed by atoms with Crippen LogP contribution in [-0.2, 0) is 32.7 Å². The Morgan fingerprint density at radius 1 is 1.03 bits per heavy atom. The van der Waals surface area contributed by atoms with Gasteiger partial charge < -0.3 is 14.6 Å². The van der Waals surface area contributed by atoms with Gasteiger partial charge in [0.1, 0.15) is 17.1 Å². The molecule has 0 saturated carbocycles. The monoisotopic (exact) mass is 495 g/mol. The predicted molar refractivity (Wildman–Crippen MR) is 131 cm³/mol. The highest BCUT2D eigenvalue weighted by Crippen LogP contribution is 2.29. The fraction of sp³-hybridized carbons (Fsp3) is 0.308. The molecule has 1 N–H and O–H groups in total. The third kappa shape index (κ3) is 5.16. The van der Waals surface area contributed by atoms with Gasteiger partial charge in [0.05, 0.1) is 18.0 Å². The summed E-state index contributed by atoms with van der Waals surface area (Å²) in [5, 5.41) is 2.90. The second-order valence-electron chi connectivity index (χ2n) is 9.02. The van der Waals surface area contributed by atoms with Crippen LogP contribution in [-0.4, -0.2) is 48.1 Å². The highest BCUT2D eigenvalue weighted by atomic mass is 32.2. The Hall–Kier alpha value is -3.43. The molecule has 3 aromatic rings. The van der Waals surface area contributed by atoms with Crippen molar-refractivity contribution >= 4 is 21.8 Å². The molecule has 35 heavy (non-hydrogen) atoms. The average Bonchev–Trinajstić information content (AvgIpc) is 3.26. The quantitative estimate of drug-likeness (QED) is 0.543. The van der Waals surface area contributed by atoms with Crippen molar-refractivity contribution in [3.8, 4) is 0 Å². The molecule has 1 saturated heterocycles. The molecular weight excluding hydrogens is 466 g/mol. The van der Waals surface area contributed by atoms with Crippen LogP contribution < -0.4 is 5.32 Å². The highest BCUT2D eigenvalue weighted by molar-refractivity contribution is 7.89. The molecule has 1 aliphatic rings. The van der Waals surface area contributed by atoms with Crippen LogP contribution in [0.4, 0.5) is 0 Å². The first-order chi connectivity index (χ1) is 16.6. The van der Waals surface area contributed by atoms with Gasteiger partial charge in [0, 0.05) is 13.1 Å². The molecule has 2 aromatic carbocycles. The number of nitrogens with zero attached hydrogens (tertiary/aromatic N) is 2. The lowest BCUT2D eigenvalue weighted by molar-refractivity contribution is -0.154. The Balaban J connectivity index is 1.64. The Labute approximate surface area is 205 Å². The standard InChI is InChI=1S/C26H29N3O5S/c1-19-9-12-21(13-10-19)15-27-25(31)26(3)18-28(35(32,33)23-7-5-4-6-8-23)17-24(30)29(26)16-22-14-11-20(2)34-22/h4-14H,15-18H2,1-3H3,(H,27,31)/t26-/m1/s1. The van der Waals surface area contributed by atoms with E-state index in [-0.39, 0.29) is 31.1 Å². The van der Waals surface area contributed by atoms with Crippen molar-refractivity contribution in [3.63, 3.8) is 0 Å². The van der Waals surface area contributed by atoms with Crippen LogP contribution in [0.25, 0.3) is 0 Å². The molecule has 0 unspecified atom stereocenters. The van der Waals surface area contributed by atoms with Gasteiger partial charge in [0.15, 0.2) is 0 Å². The second kappa shape index (κ2) is 9.67. The average molecular weight is 496 g/mol. The van der Waals surface area contributed by atoms with E-state index in [9.17, 15) is 18.0 Å². The molecule has 0 bridgehead atoms. The SMILES string of the molecule is Cc1ccc(CNC(=O)[C@@]2(C)CN(S(=O)(=O)c3ccccc3)CC(=O)N2Cc2ccc(C)o2)cc1. The van der Waals surface area contributed by atoms with Crippen molar-refractivity contribution in [1.29, 1.82) is 0 Å². The van der Waals surface area contributed by atoms with Gasteiger partial charge in [-0.3, -0.25) is 9.59 Å². The van der Waals surface area contributed by atoms with E-state index in [0.717, 1.165) is 15.4 Å². The minimum absolute atomic E-state index is 0.0559. The zero-order chi connectivity index (χ0) is 25.2. The highest BCUT2D eigenvalue weighted by Gasteiger charge is 2.50. The molecule has 2 amide bonds. The predicted octanol–water partition coefficient (Wildman–Crippen LogP) is 3.00. The minimum Gasteiger partial charge on any atom is -0.464 e. The molecule has 8 nitrogen and oxygen atoms in total. The summed E-state index contributed by atoms with van der Waals surface area (Å²) in [6.45, 7) is 5.13. The van der Waals surface area contributed by atoms with Crippen LogP contribution in [0.2, 0.25) is 0 Å². The lowest BCUT2D eigenvalue weighted by atomic mass is 9.95. The van der Waals surface area contributed by atoms with Crippen molar-refractivity contribution in [2.45, 2.75) is 44.3 Å². The maximum atomic E-state index is 13.6. The zero-order valence-electron chi connectivity index (χ0n) is 20.0. The molecular formula is C26H29N3O5S. The Bertz CT molecular complexity index is 1320. The summed E-state index contributed by atoms with van der Waals surface area (Å²) in [6, 6.07) is 19.2. The van der Waals surface area contributed by atoms with Gasteiger partial charge in [0.2, 0.25) is 21.8 Å². The number of piperazine rings is 1. The van der Waals surface area contributed by atoms with Crippen LogP contribution in [0, 0.1) is 13.8 Å². The van der Waals surface area contributed by atoms with E-state index in [2.05, 4.69) is 5.32 Å². The van der Waals surface area contributed by atoms with Crippen molar-refractivity contribution < 1.29 is 22.4 Å². The van der Waals surface area contributed by atoms with Crippen LogP contribution in [0.15, 0.2) is 76.0 Å². The van der Waals surface area contributed by atoms with E-state index in [1.165, 1.54) is 17.0 Å². The minimum atomic E-state index is -3.98. The van der Waals surface area contributed by atoms with E-state index in [0.29, 0.717) is 11.5 Å². The van der Waals surface area contributed by atoms with Crippen molar-refractivity contribution in [3.05, 3.63) is 89.4 Å². The van der Waals surface area contributed by atoms with Gasteiger partial charge in [-0.1, -0.05) is 48.0 Å². The summed E-state index contributed by atoms with van der Waals surface area (Å²) in [5.41, 5.74) is 0.547. The number of rotatable bonds is 7. The molecule has 2 heterocycles. The molecule has 0 spiro atoms. The molecule has 0 aliphatic carbocycles. The maximum Gasteiger partial charge on any atom is 0.247 e. The lowest BCUT2D eigenvalue weighted by Crippen LogP contribution is -2.69. The first-order valence-electron chi connectivity index (χ1n) is 11.3. The maximum absolute atomic E-state index is 13.6. The molecule has 9 heteroatoms. The van der Waals surface area contributed by atoms with Gasteiger partial charge in [-0.15, -0.1) is 0 Å². The molecule has 1 atom stereocenters. The summed E-state index contributed by atoms with van der Waals surface area (Å²) in [4.78, 5) is 28.4. The number of aryl methyl sites for hydroxylation is 2.